The summed E-state index contributed by atoms with van der Waals surface area (Å²) in [5, 5.41) is 2.80. The molecule has 0 bridgehead atoms. The van der Waals surface area contributed by atoms with Crippen LogP contribution in [-0.2, 0) is 11.3 Å². The molecule has 1 fully saturated rings. The molecule has 0 radical (unpaired) electrons. The van der Waals surface area contributed by atoms with Gasteiger partial charge in [0.05, 0.1) is 16.8 Å². The number of amides is 2. The fraction of sp³-hybridized carbons (Fsp3) is 0.333. The van der Waals surface area contributed by atoms with Crippen molar-refractivity contribution < 1.29 is 14.0 Å². The summed E-state index contributed by atoms with van der Waals surface area (Å²) in [6, 6.07) is 14.6. The summed E-state index contributed by atoms with van der Waals surface area (Å²) in [6.07, 6.45) is 5.55. The van der Waals surface area contributed by atoms with Crippen molar-refractivity contribution in [3.05, 3.63) is 88.0 Å². The molecule has 37 heavy (non-hydrogen) atoms. The van der Waals surface area contributed by atoms with Gasteiger partial charge in [-0.05, 0) is 80.9 Å². The number of aromatic nitrogens is 1. The molecule has 0 unspecified atom stereocenters. The molecule has 1 aliphatic heterocycles. The molecule has 3 aromatic rings. The van der Waals surface area contributed by atoms with Crippen molar-refractivity contribution in [1.29, 1.82) is 0 Å². The Morgan fingerprint density at radius 3 is 2.54 bits per heavy atom. The molecule has 0 spiro atoms. The molecule has 6 nitrogen and oxygen atoms in total. The molecule has 0 atom stereocenters. The highest BCUT2D eigenvalue weighted by Crippen LogP contribution is 2.41. The number of hydrogen-bond donors (Lipinski definition) is 3. The van der Waals surface area contributed by atoms with E-state index in [1.54, 1.807) is 11.0 Å². The number of carbonyl (C=O) groups is 2. The Hall–Kier alpha value is -3.71. The van der Waals surface area contributed by atoms with Crippen molar-refractivity contribution in [3.63, 3.8) is 0 Å². The highest BCUT2D eigenvalue weighted by molar-refractivity contribution is 6.36. The molecule has 7 heteroatoms. The Kier molecular flexibility index (Phi) is 6.98. The van der Waals surface area contributed by atoms with Gasteiger partial charge in [0, 0.05) is 36.1 Å². The molecule has 1 aromatic heterocycles. The van der Waals surface area contributed by atoms with E-state index in [4.69, 9.17) is 5.73 Å². The van der Waals surface area contributed by atoms with Crippen LogP contribution in [0.5, 0.6) is 0 Å². The van der Waals surface area contributed by atoms with Gasteiger partial charge in [-0.2, -0.15) is 0 Å². The molecule has 2 heterocycles. The quantitative estimate of drug-likeness (QED) is 0.411. The summed E-state index contributed by atoms with van der Waals surface area (Å²) in [7, 11) is 0. The standard InChI is InChI=1S/C30H33FN4O2/c1-18-12-19(2)34-27(18)14-24-23-13-26(31)25(29(36)33-16-20-6-4-3-5-7-20)15-28(23)35(30(24)37)17-21-8-10-22(32)11-9-21/h3-7,12-15,21-22,34H,8-11,16-17,32H2,1-2H3,(H,33,36)/b24-14-. The maximum absolute atomic E-state index is 15.3. The summed E-state index contributed by atoms with van der Waals surface area (Å²) in [5.41, 5.74) is 11.3. The maximum atomic E-state index is 15.3. The van der Waals surface area contributed by atoms with Gasteiger partial charge in [-0.1, -0.05) is 30.3 Å². The van der Waals surface area contributed by atoms with Gasteiger partial charge in [0.15, 0.2) is 0 Å². The van der Waals surface area contributed by atoms with Crippen LogP contribution >= 0.6 is 0 Å². The molecule has 1 saturated carbocycles. The van der Waals surface area contributed by atoms with Crippen LogP contribution < -0.4 is 16.0 Å². The number of H-pyrrole nitrogens is 1. The lowest BCUT2D eigenvalue weighted by atomic mass is 9.86. The van der Waals surface area contributed by atoms with Gasteiger partial charge < -0.3 is 20.9 Å². The van der Waals surface area contributed by atoms with E-state index in [1.165, 1.54) is 12.1 Å². The first-order valence-electron chi connectivity index (χ1n) is 12.9. The molecule has 4 N–H and O–H groups in total. The van der Waals surface area contributed by atoms with Gasteiger partial charge in [0.25, 0.3) is 11.8 Å². The predicted molar refractivity (Wildman–Crippen MR) is 144 cm³/mol. The van der Waals surface area contributed by atoms with Crippen LogP contribution in [0.1, 0.15) is 64.1 Å². The number of rotatable bonds is 6. The van der Waals surface area contributed by atoms with E-state index in [9.17, 15) is 9.59 Å². The third-order valence-electron chi connectivity index (χ3n) is 7.49. The van der Waals surface area contributed by atoms with E-state index in [-0.39, 0.29) is 24.1 Å². The van der Waals surface area contributed by atoms with Crippen LogP contribution in [0.4, 0.5) is 10.1 Å². The normalized spacial score (nSPS) is 20.4. The summed E-state index contributed by atoms with van der Waals surface area (Å²) < 4.78 is 15.3. The van der Waals surface area contributed by atoms with E-state index in [0.29, 0.717) is 29.3 Å². The minimum atomic E-state index is -0.645. The number of nitrogens with one attached hydrogen (secondary N) is 2. The number of nitrogens with zero attached hydrogens (tertiary/aromatic N) is 1. The van der Waals surface area contributed by atoms with E-state index in [1.807, 2.05) is 50.2 Å². The predicted octanol–water partition coefficient (Wildman–Crippen LogP) is 5.11. The molecule has 2 aliphatic rings. The van der Waals surface area contributed by atoms with Crippen LogP contribution in [-0.4, -0.2) is 29.4 Å². The monoisotopic (exact) mass is 500 g/mol. The number of halogens is 1. The average molecular weight is 501 g/mol. The maximum Gasteiger partial charge on any atom is 0.259 e. The van der Waals surface area contributed by atoms with Gasteiger partial charge in [0.2, 0.25) is 0 Å². The third kappa shape index (κ3) is 5.23. The van der Waals surface area contributed by atoms with Crippen molar-refractivity contribution in [2.75, 3.05) is 11.4 Å². The number of aryl methyl sites for hydroxylation is 2. The molecular formula is C30H33FN4O2. The first kappa shape index (κ1) is 25.0. The first-order valence-corrected chi connectivity index (χ1v) is 12.9. The lowest BCUT2D eigenvalue weighted by Gasteiger charge is -2.30. The molecule has 0 saturated heterocycles. The number of aromatic amines is 1. The summed E-state index contributed by atoms with van der Waals surface area (Å²) in [5.74, 6) is -1.01. The summed E-state index contributed by atoms with van der Waals surface area (Å²) >= 11 is 0. The van der Waals surface area contributed by atoms with Gasteiger partial charge >= 0.3 is 0 Å². The molecule has 1 aliphatic carbocycles. The minimum absolute atomic E-state index is 0.0636. The SMILES string of the molecule is Cc1cc(C)c(/C=C2\C(=O)N(CC3CCC(N)CC3)c3cc(C(=O)NCc4ccccc4)c(F)cc32)[nH]1. The van der Waals surface area contributed by atoms with Gasteiger partial charge in [-0.15, -0.1) is 0 Å². The fourth-order valence-corrected chi connectivity index (χ4v) is 5.41. The van der Waals surface area contributed by atoms with E-state index < -0.39 is 11.7 Å². The van der Waals surface area contributed by atoms with Gasteiger partial charge in [-0.25, -0.2) is 4.39 Å². The number of benzene rings is 2. The molecule has 5 rings (SSSR count). The van der Waals surface area contributed by atoms with E-state index in [2.05, 4.69) is 10.3 Å². The second kappa shape index (κ2) is 10.3. The second-order valence-electron chi connectivity index (χ2n) is 10.3. The highest BCUT2D eigenvalue weighted by atomic mass is 19.1. The topological polar surface area (TPSA) is 91.2 Å². The first-order chi connectivity index (χ1) is 17.8. The number of anilines is 1. The smallest absolute Gasteiger partial charge is 0.259 e. The Balaban J connectivity index is 1.49. The Morgan fingerprint density at radius 2 is 1.86 bits per heavy atom. The van der Waals surface area contributed by atoms with Crippen molar-refractivity contribution in [2.24, 2.45) is 11.7 Å². The Labute approximate surface area is 216 Å². The summed E-state index contributed by atoms with van der Waals surface area (Å²) in [6.45, 7) is 4.74. The lowest BCUT2D eigenvalue weighted by Crippen LogP contribution is -2.36. The van der Waals surface area contributed by atoms with Crippen LogP contribution in [0, 0.1) is 25.6 Å². The zero-order valence-corrected chi connectivity index (χ0v) is 21.3. The number of nitrogens with two attached hydrogens (primary N) is 1. The fourth-order valence-electron chi connectivity index (χ4n) is 5.41. The lowest BCUT2D eigenvalue weighted by molar-refractivity contribution is -0.113. The second-order valence-corrected chi connectivity index (χ2v) is 10.3. The molecular weight excluding hydrogens is 467 g/mol. The van der Waals surface area contributed by atoms with Crippen LogP contribution in [0.3, 0.4) is 0 Å². The van der Waals surface area contributed by atoms with Crippen LogP contribution in [0.25, 0.3) is 11.6 Å². The number of fused-ring (bicyclic) bond motifs is 1. The van der Waals surface area contributed by atoms with Crippen molar-refractivity contribution >= 4 is 29.2 Å². The Morgan fingerprint density at radius 1 is 1.14 bits per heavy atom. The van der Waals surface area contributed by atoms with E-state index >= 15 is 4.39 Å². The van der Waals surface area contributed by atoms with Crippen molar-refractivity contribution in [3.8, 4) is 0 Å². The number of hydrogen-bond acceptors (Lipinski definition) is 3. The minimum Gasteiger partial charge on any atom is -0.359 e. The van der Waals surface area contributed by atoms with Gasteiger partial charge in [0.1, 0.15) is 5.82 Å². The summed E-state index contributed by atoms with van der Waals surface area (Å²) in [4.78, 5) is 31.7. The largest absolute Gasteiger partial charge is 0.359 e. The number of carbonyl (C=O) groups excluding carboxylic acids is 2. The third-order valence-corrected chi connectivity index (χ3v) is 7.49. The molecule has 2 amide bonds. The zero-order valence-electron chi connectivity index (χ0n) is 21.3. The van der Waals surface area contributed by atoms with Crippen LogP contribution in [0.2, 0.25) is 0 Å². The van der Waals surface area contributed by atoms with Gasteiger partial charge in [-0.3, -0.25) is 9.59 Å². The average Bonchev–Trinajstić information content (AvgIpc) is 3.33. The van der Waals surface area contributed by atoms with Crippen LogP contribution in [0.15, 0.2) is 48.5 Å². The molecule has 2 aromatic carbocycles. The molecule has 192 valence electrons. The van der Waals surface area contributed by atoms with Crippen molar-refractivity contribution in [2.45, 2.75) is 52.1 Å². The van der Waals surface area contributed by atoms with E-state index in [0.717, 1.165) is 48.2 Å². The highest BCUT2D eigenvalue weighted by Gasteiger charge is 2.36. The zero-order chi connectivity index (χ0) is 26.1. The Bertz CT molecular complexity index is 1350. The van der Waals surface area contributed by atoms with Crippen molar-refractivity contribution in [1.82, 2.24) is 10.3 Å².